The number of benzene rings is 8. The average Bonchev–Trinajstić information content (AvgIpc) is 3.75. The Morgan fingerprint density at radius 2 is 1.00 bits per heavy atom. The summed E-state index contributed by atoms with van der Waals surface area (Å²) in [7, 11) is 0. The van der Waals surface area contributed by atoms with Gasteiger partial charge in [-0.1, -0.05) is 103 Å². The Bertz CT molecular complexity index is 2820. The Morgan fingerprint density at radius 1 is 0.367 bits per heavy atom. The summed E-state index contributed by atoms with van der Waals surface area (Å²) in [6.07, 6.45) is 0. The first-order valence-corrected chi connectivity index (χ1v) is 16.4. The van der Waals surface area contributed by atoms with E-state index in [4.69, 9.17) is 13.8 Å². The molecular weight excluding hydrogens is 601 g/mol. The molecule has 0 saturated carbocycles. The van der Waals surface area contributed by atoms with Crippen LogP contribution < -0.4 is 4.90 Å². The molecule has 0 amide bonds. The van der Waals surface area contributed by atoms with Crippen LogP contribution in [0.5, 0.6) is 0 Å². The third kappa shape index (κ3) is 4.65. The molecule has 10 aromatic rings. The SMILES string of the molecule is c1ccc(-c2ccc(N(c3ccc4c(ccc5ccccc54)c3)c3ccc4oc5cc6nc(-c7ccccc7)oc6cc5c4c3)cc2)cc1. The third-order valence-corrected chi connectivity index (χ3v) is 9.46. The standard InChI is InChI=1S/C45H28N2O2/c1-3-9-29(10-4-1)30-17-19-34(20-18-30)47(35-21-23-38-33(25-35)16-15-31-11-7-8-14-37(31)38)36-22-24-42-39(26-36)40-27-44-41(28-43(40)48-42)46-45(49-44)32-12-5-2-6-13-32/h1-28H. The van der Waals surface area contributed by atoms with Crippen molar-refractivity contribution >= 4 is 71.6 Å². The first kappa shape index (κ1) is 27.5. The van der Waals surface area contributed by atoms with Gasteiger partial charge in [0.1, 0.15) is 16.7 Å². The topological polar surface area (TPSA) is 42.4 Å². The Balaban J connectivity index is 1.14. The molecule has 0 unspecified atom stereocenters. The van der Waals surface area contributed by atoms with Gasteiger partial charge in [-0.25, -0.2) is 4.98 Å². The smallest absolute Gasteiger partial charge is 0.227 e. The van der Waals surface area contributed by atoms with Gasteiger partial charge >= 0.3 is 0 Å². The predicted octanol–water partition coefficient (Wildman–Crippen LogP) is 12.8. The van der Waals surface area contributed by atoms with Crippen molar-refractivity contribution < 1.29 is 8.83 Å². The minimum atomic E-state index is 0.599. The summed E-state index contributed by atoms with van der Waals surface area (Å²) < 4.78 is 12.6. The van der Waals surface area contributed by atoms with Crippen LogP contribution in [0.15, 0.2) is 179 Å². The quantitative estimate of drug-likeness (QED) is 0.178. The van der Waals surface area contributed by atoms with Crippen molar-refractivity contribution in [1.82, 2.24) is 4.98 Å². The molecule has 2 heterocycles. The molecule has 0 aliphatic rings. The summed E-state index contributed by atoms with van der Waals surface area (Å²) in [4.78, 5) is 7.09. The third-order valence-electron chi connectivity index (χ3n) is 9.46. The van der Waals surface area contributed by atoms with Crippen LogP contribution in [0.4, 0.5) is 17.1 Å². The number of hydrogen-bond donors (Lipinski definition) is 0. The van der Waals surface area contributed by atoms with Gasteiger partial charge in [0.05, 0.1) is 0 Å². The van der Waals surface area contributed by atoms with Crippen molar-refractivity contribution in [3.63, 3.8) is 0 Å². The molecule has 8 aromatic carbocycles. The van der Waals surface area contributed by atoms with Crippen LogP contribution >= 0.6 is 0 Å². The van der Waals surface area contributed by atoms with Crippen molar-refractivity contribution in [3.05, 3.63) is 170 Å². The summed E-state index contributed by atoms with van der Waals surface area (Å²) in [5.41, 5.74) is 9.59. The van der Waals surface area contributed by atoms with Crippen molar-refractivity contribution in [1.29, 1.82) is 0 Å². The highest BCUT2D eigenvalue weighted by atomic mass is 16.4. The summed E-state index contributed by atoms with van der Waals surface area (Å²) >= 11 is 0. The van der Waals surface area contributed by atoms with E-state index in [1.54, 1.807) is 0 Å². The van der Waals surface area contributed by atoms with Gasteiger partial charge in [0, 0.05) is 39.5 Å². The maximum absolute atomic E-state index is 6.38. The summed E-state index contributed by atoms with van der Waals surface area (Å²) in [5.74, 6) is 0.599. The molecule has 0 saturated heterocycles. The van der Waals surface area contributed by atoms with E-state index in [2.05, 4.69) is 132 Å². The van der Waals surface area contributed by atoms with E-state index in [1.807, 2.05) is 42.5 Å². The van der Waals surface area contributed by atoms with Crippen molar-refractivity contribution in [2.45, 2.75) is 0 Å². The Kier molecular flexibility index (Phi) is 6.15. The van der Waals surface area contributed by atoms with Crippen LogP contribution in [-0.4, -0.2) is 4.98 Å². The van der Waals surface area contributed by atoms with Crippen molar-refractivity contribution in [2.75, 3.05) is 4.90 Å². The van der Waals surface area contributed by atoms with Crippen LogP contribution in [0, 0.1) is 0 Å². The largest absolute Gasteiger partial charge is 0.456 e. The Labute approximate surface area is 282 Å². The lowest BCUT2D eigenvalue weighted by molar-refractivity contribution is 0.620. The van der Waals surface area contributed by atoms with E-state index < -0.39 is 0 Å². The highest BCUT2D eigenvalue weighted by molar-refractivity contribution is 6.11. The second kappa shape index (κ2) is 11.0. The predicted molar refractivity (Wildman–Crippen MR) is 202 cm³/mol. The first-order chi connectivity index (χ1) is 24.2. The fourth-order valence-electron chi connectivity index (χ4n) is 7.05. The first-order valence-electron chi connectivity index (χ1n) is 16.4. The van der Waals surface area contributed by atoms with Crippen LogP contribution in [0.2, 0.25) is 0 Å². The van der Waals surface area contributed by atoms with Gasteiger partial charge in [-0.3, -0.25) is 0 Å². The highest BCUT2D eigenvalue weighted by Gasteiger charge is 2.18. The van der Waals surface area contributed by atoms with E-state index >= 15 is 0 Å². The van der Waals surface area contributed by atoms with E-state index in [0.29, 0.717) is 5.89 Å². The lowest BCUT2D eigenvalue weighted by atomic mass is 10.0. The molecule has 0 bridgehead atoms. The zero-order valence-electron chi connectivity index (χ0n) is 26.4. The number of nitrogens with zero attached hydrogens (tertiary/aromatic N) is 2. The summed E-state index contributed by atoms with van der Waals surface area (Å²) in [5, 5.41) is 6.94. The van der Waals surface area contributed by atoms with Crippen LogP contribution in [-0.2, 0) is 0 Å². The Hall–Kier alpha value is -6.65. The van der Waals surface area contributed by atoms with Crippen molar-refractivity contribution in [3.8, 4) is 22.6 Å². The number of fused-ring (bicyclic) bond motifs is 7. The number of oxazole rings is 1. The molecule has 0 aliphatic heterocycles. The molecule has 49 heavy (non-hydrogen) atoms. The normalized spacial score (nSPS) is 11.7. The monoisotopic (exact) mass is 628 g/mol. The van der Waals surface area contributed by atoms with Crippen LogP contribution in [0.25, 0.3) is 77.2 Å². The zero-order chi connectivity index (χ0) is 32.3. The summed E-state index contributed by atoms with van der Waals surface area (Å²) in [6, 6.07) is 59.5. The molecule has 230 valence electrons. The van der Waals surface area contributed by atoms with Gasteiger partial charge in [-0.15, -0.1) is 0 Å². The molecular formula is C45H28N2O2. The number of anilines is 3. The number of furan rings is 1. The van der Waals surface area contributed by atoms with Crippen LogP contribution in [0.3, 0.4) is 0 Å². The highest BCUT2D eigenvalue weighted by Crippen LogP contribution is 2.41. The fraction of sp³-hybridized carbons (Fsp3) is 0. The lowest BCUT2D eigenvalue weighted by Gasteiger charge is -2.26. The number of rotatable bonds is 5. The second-order valence-electron chi connectivity index (χ2n) is 12.4. The van der Waals surface area contributed by atoms with Gasteiger partial charge in [-0.2, -0.15) is 0 Å². The van der Waals surface area contributed by atoms with Gasteiger partial charge in [-0.05, 0) is 93.3 Å². The maximum Gasteiger partial charge on any atom is 0.227 e. The average molecular weight is 629 g/mol. The number of hydrogen-bond acceptors (Lipinski definition) is 4. The van der Waals surface area contributed by atoms with Gasteiger partial charge in [0.15, 0.2) is 5.58 Å². The van der Waals surface area contributed by atoms with E-state index in [0.717, 1.165) is 55.7 Å². The van der Waals surface area contributed by atoms with Gasteiger partial charge in [0.2, 0.25) is 5.89 Å². The van der Waals surface area contributed by atoms with Gasteiger partial charge < -0.3 is 13.7 Å². The molecule has 2 aromatic heterocycles. The van der Waals surface area contributed by atoms with Crippen molar-refractivity contribution in [2.24, 2.45) is 0 Å². The summed E-state index contributed by atoms with van der Waals surface area (Å²) in [6.45, 7) is 0. The molecule has 4 heteroatoms. The minimum Gasteiger partial charge on any atom is -0.456 e. The van der Waals surface area contributed by atoms with Gasteiger partial charge in [0.25, 0.3) is 0 Å². The zero-order valence-corrected chi connectivity index (χ0v) is 26.4. The fourth-order valence-corrected chi connectivity index (χ4v) is 7.05. The molecule has 0 fully saturated rings. The molecule has 10 rings (SSSR count). The second-order valence-corrected chi connectivity index (χ2v) is 12.4. The lowest BCUT2D eigenvalue weighted by Crippen LogP contribution is -2.09. The minimum absolute atomic E-state index is 0.599. The van der Waals surface area contributed by atoms with E-state index in [-0.39, 0.29) is 0 Å². The van der Waals surface area contributed by atoms with E-state index in [9.17, 15) is 0 Å². The molecule has 0 aliphatic carbocycles. The van der Waals surface area contributed by atoms with Crippen LogP contribution in [0.1, 0.15) is 0 Å². The maximum atomic E-state index is 6.38. The number of aromatic nitrogens is 1. The molecule has 0 N–H and O–H groups in total. The molecule has 0 radical (unpaired) electrons. The molecule has 4 nitrogen and oxygen atoms in total. The molecule has 0 spiro atoms. The molecule has 0 atom stereocenters. The Morgan fingerprint density at radius 3 is 1.84 bits per heavy atom. The van der Waals surface area contributed by atoms with E-state index in [1.165, 1.54) is 32.7 Å².